The molecule has 2 aromatic carbocycles. The molecular weight excluding hydrogens is 300 g/mol. The molecule has 0 aromatic heterocycles. The van der Waals surface area contributed by atoms with E-state index in [1.54, 1.807) is 0 Å². The van der Waals surface area contributed by atoms with Crippen LogP contribution in [0, 0.1) is 13.8 Å². The number of aliphatic hydroxyl groups is 1. The molecule has 1 heterocycles. The second-order valence-corrected chi connectivity index (χ2v) is 6.43. The third-order valence-electron chi connectivity index (χ3n) is 4.79. The fourth-order valence-corrected chi connectivity index (χ4v) is 3.48. The van der Waals surface area contributed by atoms with Gasteiger partial charge in [0.25, 0.3) is 0 Å². The number of hydrogen-bond acceptors (Lipinski definition) is 3. The molecular formula is C20H24N2O2. The molecule has 0 bridgehead atoms. The van der Waals surface area contributed by atoms with Crippen molar-refractivity contribution in [2.24, 2.45) is 0 Å². The number of aliphatic hydroxyl groups excluding tert-OH is 1. The van der Waals surface area contributed by atoms with Crippen LogP contribution in [0.3, 0.4) is 0 Å². The maximum Gasteiger partial charge on any atom is 0.238 e. The highest BCUT2D eigenvalue weighted by Crippen LogP contribution is 2.29. The van der Waals surface area contributed by atoms with Gasteiger partial charge in [0.1, 0.15) is 0 Å². The van der Waals surface area contributed by atoms with Crippen molar-refractivity contribution in [2.45, 2.75) is 26.3 Å². The minimum absolute atomic E-state index is 0.0215. The van der Waals surface area contributed by atoms with E-state index in [0.29, 0.717) is 0 Å². The van der Waals surface area contributed by atoms with E-state index in [0.717, 1.165) is 35.3 Å². The van der Waals surface area contributed by atoms with Gasteiger partial charge in [-0.1, -0.05) is 42.5 Å². The number of para-hydroxylation sites is 1. The highest BCUT2D eigenvalue weighted by molar-refractivity contribution is 5.93. The second-order valence-electron chi connectivity index (χ2n) is 6.43. The van der Waals surface area contributed by atoms with Gasteiger partial charge in [0.2, 0.25) is 5.91 Å². The number of rotatable bonds is 4. The standard InChI is InChI=1S/C20H24N2O2/c1-14-6-5-7-15(2)20(14)21-19(24)12-22-11-10-16-8-3-4-9-17(16)18(22)13-23/h3-9,18,23H,10-13H2,1-2H3,(H,21,24). The molecule has 2 aromatic rings. The number of fused-ring (bicyclic) bond motifs is 1. The monoisotopic (exact) mass is 324 g/mol. The van der Waals surface area contributed by atoms with E-state index in [4.69, 9.17) is 0 Å². The summed E-state index contributed by atoms with van der Waals surface area (Å²) in [6.07, 6.45) is 0.906. The number of anilines is 1. The normalized spacial score (nSPS) is 17.4. The summed E-state index contributed by atoms with van der Waals surface area (Å²) in [5.41, 5.74) is 5.41. The Labute approximate surface area is 143 Å². The van der Waals surface area contributed by atoms with Gasteiger partial charge in [0.15, 0.2) is 0 Å². The summed E-state index contributed by atoms with van der Waals surface area (Å²) in [5.74, 6) is -0.0368. The molecule has 1 unspecified atom stereocenters. The number of benzene rings is 2. The molecule has 24 heavy (non-hydrogen) atoms. The van der Waals surface area contributed by atoms with Crippen LogP contribution in [0.1, 0.15) is 28.3 Å². The maximum absolute atomic E-state index is 12.5. The molecule has 2 N–H and O–H groups in total. The van der Waals surface area contributed by atoms with Gasteiger partial charge in [-0.05, 0) is 42.5 Å². The van der Waals surface area contributed by atoms with Gasteiger partial charge >= 0.3 is 0 Å². The predicted octanol–water partition coefficient (Wildman–Crippen LogP) is 2.83. The lowest BCUT2D eigenvalue weighted by Gasteiger charge is -2.35. The van der Waals surface area contributed by atoms with E-state index in [2.05, 4.69) is 16.3 Å². The van der Waals surface area contributed by atoms with E-state index >= 15 is 0 Å². The van der Waals surface area contributed by atoms with Crippen molar-refractivity contribution in [3.05, 3.63) is 64.7 Å². The Morgan fingerprint density at radius 1 is 1.17 bits per heavy atom. The third-order valence-corrected chi connectivity index (χ3v) is 4.79. The zero-order valence-corrected chi connectivity index (χ0v) is 14.2. The molecule has 0 radical (unpaired) electrons. The number of hydrogen-bond donors (Lipinski definition) is 2. The number of amides is 1. The lowest BCUT2D eigenvalue weighted by Crippen LogP contribution is -2.42. The number of carbonyl (C=O) groups excluding carboxylic acids is 1. The Morgan fingerprint density at radius 2 is 1.88 bits per heavy atom. The Morgan fingerprint density at radius 3 is 2.58 bits per heavy atom. The van der Waals surface area contributed by atoms with Crippen LogP contribution in [0.5, 0.6) is 0 Å². The van der Waals surface area contributed by atoms with Crippen LogP contribution in [0.15, 0.2) is 42.5 Å². The Balaban J connectivity index is 1.73. The van der Waals surface area contributed by atoms with Gasteiger partial charge in [0, 0.05) is 12.2 Å². The first-order valence-corrected chi connectivity index (χ1v) is 8.39. The summed E-state index contributed by atoms with van der Waals surface area (Å²) in [5, 5.41) is 12.9. The summed E-state index contributed by atoms with van der Waals surface area (Å²) >= 11 is 0. The molecule has 0 aliphatic carbocycles. The van der Waals surface area contributed by atoms with E-state index in [-0.39, 0.29) is 25.1 Å². The molecule has 3 rings (SSSR count). The molecule has 1 amide bonds. The summed E-state index contributed by atoms with van der Waals surface area (Å²) in [4.78, 5) is 14.6. The molecule has 4 nitrogen and oxygen atoms in total. The van der Waals surface area contributed by atoms with Crippen LogP contribution in [0.4, 0.5) is 5.69 Å². The van der Waals surface area contributed by atoms with Crippen LogP contribution in [0.2, 0.25) is 0 Å². The molecule has 1 aliphatic rings. The van der Waals surface area contributed by atoms with Gasteiger partial charge in [-0.2, -0.15) is 0 Å². The lowest BCUT2D eigenvalue weighted by atomic mass is 9.93. The topological polar surface area (TPSA) is 52.6 Å². The van der Waals surface area contributed by atoms with Crippen molar-refractivity contribution < 1.29 is 9.90 Å². The molecule has 0 fully saturated rings. The van der Waals surface area contributed by atoms with Gasteiger partial charge in [-0.25, -0.2) is 0 Å². The molecule has 0 saturated heterocycles. The number of carbonyl (C=O) groups is 1. The number of nitrogens with zero attached hydrogens (tertiary/aromatic N) is 1. The summed E-state index contributed by atoms with van der Waals surface area (Å²) in [6.45, 7) is 5.08. The van der Waals surface area contributed by atoms with Gasteiger partial charge in [-0.15, -0.1) is 0 Å². The molecule has 0 spiro atoms. The maximum atomic E-state index is 12.5. The second kappa shape index (κ2) is 7.16. The molecule has 1 atom stereocenters. The lowest BCUT2D eigenvalue weighted by molar-refractivity contribution is -0.118. The molecule has 126 valence electrons. The quantitative estimate of drug-likeness (QED) is 0.909. The first kappa shape index (κ1) is 16.7. The van der Waals surface area contributed by atoms with Crippen LogP contribution < -0.4 is 5.32 Å². The Hall–Kier alpha value is -2.17. The Bertz CT molecular complexity index is 722. The average molecular weight is 324 g/mol. The minimum atomic E-state index is -0.112. The van der Waals surface area contributed by atoms with Gasteiger partial charge in [0.05, 0.1) is 19.2 Å². The Kier molecular flexibility index (Phi) is 4.97. The summed E-state index contributed by atoms with van der Waals surface area (Å²) in [7, 11) is 0. The van der Waals surface area contributed by atoms with Crippen molar-refractivity contribution in [1.29, 1.82) is 0 Å². The molecule has 1 aliphatic heterocycles. The average Bonchev–Trinajstić information content (AvgIpc) is 2.58. The van der Waals surface area contributed by atoms with Crippen molar-refractivity contribution in [3.8, 4) is 0 Å². The molecule has 0 saturated carbocycles. The van der Waals surface area contributed by atoms with E-state index in [1.165, 1.54) is 5.56 Å². The third kappa shape index (κ3) is 3.35. The van der Waals surface area contributed by atoms with Crippen LogP contribution in [-0.2, 0) is 11.2 Å². The first-order valence-electron chi connectivity index (χ1n) is 8.39. The van der Waals surface area contributed by atoms with E-state index < -0.39 is 0 Å². The number of aryl methyl sites for hydroxylation is 2. The van der Waals surface area contributed by atoms with Crippen molar-refractivity contribution in [3.63, 3.8) is 0 Å². The summed E-state index contributed by atoms with van der Waals surface area (Å²) in [6, 6.07) is 14.0. The number of nitrogens with one attached hydrogen (secondary N) is 1. The van der Waals surface area contributed by atoms with Crippen molar-refractivity contribution in [1.82, 2.24) is 4.90 Å². The van der Waals surface area contributed by atoms with Crippen LogP contribution in [0.25, 0.3) is 0 Å². The summed E-state index contributed by atoms with van der Waals surface area (Å²) < 4.78 is 0. The fraction of sp³-hybridized carbons (Fsp3) is 0.350. The molecule has 4 heteroatoms. The van der Waals surface area contributed by atoms with E-state index in [1.807, 2.05) is 50.2 Å². The van der Waals surface area contributed by atoms with Crippen LogP contribution in [-0.4, -0.2) is 35.6 Å². The van der Waals surface area contributed by atoms with Crippen LogP contribution >= 0.6 is 0 Å². The smallest absolute Gasteiger partial charge is 0.238 e. The highest BCUT2D eigenvalue weighted by Gasteiger charge is 2.28. The predicted molar refractivity (Wildman–Crippen MR) is 96.1 cm³/mol. The zero-order valence-electron chi connectivity index (χ0n) is 14.2. The van der Waals surface area contributed by atoms with Gasteiger partial charge in [-0.3, -0.25) is 9.69 Å². The zero-order chi connectivity index (χ0) is 17.1. The fourth-order valence-electron chi connectivity index (χ4n) is 3.48. The van der Waals surface area contributed by atoms with Crippen molar-refractivity contribution in [2.75, 3.05) is 25.0 Å². The van der Waals surface area contributed by atoms with Crippen molar-refractivity contribution >= 4 is 11.6 Å². The minimum Gasteiger partial charge on any atom is -0.394 e. The largest absolute Gasteiger partial charge is 0.394 e. The van der Waals surface area contributed by atoms with E-state index in [9.17, 15) is 9.90 Å². The highest BCUT2D eigenvalue weighted by atomic mass is 16.3. The van der Waals surface area contributed by atoms with Gasteiger partial charge < -0.3 is 10.4 Å². The SMILES string of the molecule is Cc1cccc(C)c1NC(=O)CN1CCc2ccccc2C1CO. The first-order chi connectivity index (χ1) is 11.6.